The average Bonchev–Trinajstić information content (AvgIpc) is 2.32. The summed E-state index contributed by atoms with van der Waals surface area (Å²) in [7, 11) is 0. The van der Waals surface area contributed by atoms with E-state index in [9.17, 15) is 4.79 Å². The van der Waals surface area contributed by atoms with Crippen molar-refractivity contribution in [2.45, 2.75) is 45.4 Å². The first-order chi connectivity index (χ1) is 8.61. The van der Waals surface area contributed by atoms with Crippen LogP contribution >= 0.6 is 11.8 Å². The van der Waals surface area contributed by atoms with Gasteiger partial charge in [-0.25, -0.2) is 0 Å². The van der Waals surface area contributed by atoms with E-state index in [-0.39, 0.29) is 5.91 Å². The van der Waals surface area contributed by atoms with Crippen molar-refractivity contribution in [2.75, 3.05) is 5.75 Å². The lowest BCUT2D eigenvalue weighted by Crippen LogP contribution is -2.33. The molecule has 0 spiro atoms. The van der Waals surface area contributed by atoms with Crippen LogP contribution in [0.5, 0.6) is 0 Å². The first-order valence-corrected chi connectivity index (χ1v) is 7.70. The van der Waals surface area contributed by atoms with Gasteiger partial charge in [0.05, 0.1) is 5.75 Å². The lowest BCUT2D eigenvalue weighted by molar-refractivity contribution is -0.119. The van der Waals surface area contributed by atoms with E-state index < -0.39 is 0 Å². The van der Waals surface area contributed by atoms with E-state index in [1.807, 2.05) is 0 Å². The van der Waals surface area contributed by atoms with Gasteiger partial charge in [-0.2, -0.15) is 0 Å². The molecule has 0 aromatic heterocycles. The third-order valence-corrected chi connectivity index (χ3v) is 3.76. The fourth-order valence-corrected chi connectivity index (χ4v) is 2.57. The van der Waals surface area contributed by atoms with Gasteiger partial charge in [-0.3, -0.25) is 4.79 Å². The molecule has 18 heavy (non-hydrogen) atoms. The number of rotatable bonds is 7. The van der Waals surface area contributed by atoms with Crippen molar-refractivity contribution >= 4 is 17.7 Å². The molecule has 0 aliphatic carbocycles. The van der Waals surface area contributed by atoms with Crippen LogP contribution in [0.3, 0.4) is 0 Å². The van der Waals surface area contributed by atoms with Crippen LogP contribution in [0.1, 0.15) is 37.8 Å². The van der Waals surface area contributed by atoms with Crippen molar-refractivity contribution < 1.29 is 4.79 Å². The zero-order valence-electron chi connectivity index (χ0n) is 11.5. The highest BCUT2D eigenvalue weighted by atomic mass is 32.2. The topological polar surface area (TPSA) is 29.1 Å². The normalized spacial score (nSPS) is 12.2. The summed E-state index contributed by atoms with van der Waals surface area (Å²) in [5.41, 5.74) is 2.55. The van der Waals surface area contributed by atoms with Gasteiger partial charge < -0.3 is 5.32 Å². The van der Waals surface area contributed by atoms with Crippen molar-refractivity contribution in [2.24, 2.45) is 0 Å². The summed E-state index contributed by atoms with van der Waals surface area (Å²) >= 11 is 1.67. The van der Waals surface area contributed by atoms with Crippen molar-refractivity contribution in [3.05, 3.63) is 35.4 Å². The Morgan fingerprint density at radius 2 is 2.00 bits per heavy atom. The van der Waals surface area contributed by atoms with E-state index in [0.29, 0.717) is 11.8 Å². The van der Waals surface area contributed by atoms with Gasteiger partial charge in [-0.1, -0.05) is 43.2 Å². The maximum Gasteiger partial charge on any atom is 0.230 e. The van der Waals surface area contributed by atoms with Gasteiger partial charge >= 0.3 is 0 Å². The maximum atomic E-state index is 11.6. The number of carbonyl (C=O) groups excluding carboxylic acids is 1. The third kappa shape index (κ3) is 6.10. The van der Waals surface area contributed by atoms with Crippen LogP contribution in [-0.2, 0) is 10.5 Å². The molecule has 0 radical (unpaired) electrons. The monoisotopic (exact) mass is 265 g/mol. The van der Waals surface area contributed by atoms with Gasteiger partial charge in [0, 0.05) is 11.8 Å². The summed E-state index contributed by atoms with van der Waals surface area (Å²) in [6, 6.07) is 8.76. The number of hydrogen-bond acceptors (Lipinski definition) is 2. The molecular weight excluding hydrogens is 242 g/mol. The van der Waals surface area contributed by atoms with E-state index in [0.717, 1.165) is 18.6 Å². The highest BCUT2D eigenvalue weighted by Gasteiger charge is 2.06. The number of hydrogen-bond donors (Lipinski definition) is 1. The van der Waals surface area contributed by atoms with Gasteiger partial charge in [0.15, 0.2) is 0 Å². The van der Waals surface area contributed by atoms with Gasteiger partial charge in [0.2, 0.25) is 5.91 Å². The van der Waals surface area contributed by atoms with E-state index in [2.05, 4.69) is 50.4 Å². The number of thioether (sulfide) groups is 1. The van der Waals surface area contributed by atoms with Gasteiger partial charge in [0.25, 0.3) is 0 Å². The summed E-state index contributed by atoms with van der Waals surface area (Å²) < 4.78 is 0. The number of nitrogens with one attached hydrogen (secondary N) is 1. The fourth-order valence-electron chi connectivity index (χ4n) is 1.77. The second-order valence-electron chi connectivity index (χ2n) is 4.74. The summed E-state index contributed by atoms with van der Waals surface area (Å²) in [4.78, 5) is 11.6. The van der Waals surface area contributed by atoms with Crippen LogP contribution in [0, 0.1) is 6.92 Å². The molecular formula is C15H23NOS. The molecule has 0 saturated carbocycles. The van der Waals surface area contributed by atoms with Crippen LogP contribution in [0.25, 0.3) is 0 Å². The number of carbonyl (C=O) groups is 1. The molecule has 0 heterocycles. The summed E-state index contributed by atoms with van der Waals surface area (Å²) in [5.74, 6) is 1.59. The second kappa shape index (κ2) is 8.20. The Labute approximate surface area is 115 Å². The van der Waals surface area contributed by atoms with Crippen molar-refractivity contribution in [1.82, 2.24) is 5.32 Å². The van der Waals surface area contributed by atoms with Crippen molar-refractivity contribution in [3.8, 4) is 0 Å². The van der Waals surface area contributed by atoms with E-state index in [1.54, 1.807) is 11.8 Å². The quantitative estimate of drug-likeness (QED) is 0.817. The number of amides is 1. The molecule has 0 aliphatic rings. The predicted molar refractivity (Wildman–Crippen MR) is 79.9 cm³/mol. The molecule has 1 aromatic rings. The molecule has 100 valence electrons. The van der Waals surface area contributed by atoms with Crippen LogP contribution in [0.4, 0.5) is 0 Å². The summed E-state index contributed by atoms with van der Waals surface area (Å²) in [5, 5.41) is 3.02. The molecule has 0 unspecified atom stereocenters. The van der Waals surface area contributed by atoms with Gasteiger partial charge in [0.1, 0.15) is 0 Å². The summed E-state index contributed by atoms with van der Waals surface area (Å²) in [6.45, 7) is 6.28. The van der Waals surface area contributed by atoms with Gasteiger partial charge in [-0.05, 0) is 25.8 Å². The fraction of sp³-hybridized carbons (Fsp3) is 0.533. The van der Waals surface area contributed by atoms with Crippen LogP contribution in [0.15, 0.2) is 24.3 Å². The van der Waals surface area contributed by atoms with Crippen LogP contribution < -0.4 is 5.32 Å². The molecule has 0 bridgehead atoms. The van der Waals surface area contributed by atoms with E-state index >= 15 is 0 Å². The standard InChI is InChI=1S/C15H23NOS/c1-4-5-13(3)16-15(17)11-18-10-14-8-6-12(2)7-9-14/h6-9,13H,4-5,10-11H2,1-3H3,(H,16,17)/t13-/m1/s1. The maximum absolute atomic E-state index is 11.6. The zero-order valence-corrected chi connectivity index (χ0v) is 12.3. The Hall–Kier alpha value is -0.960. The van der Waals surface area contributed by atoms with Crippen molar-refractivity contribution in [1.29, 1.82) is 0 Å². The lowest BCUT2D eigenvalue weighted by Gasteiger charge is -2.12. The minimum Gasteiger partial charge on any atom is -0.353 e. The zero-order chi connectivity index (χ0) is 13.4. The first-order valence-electron chi connectivity index (χ1n) is 6.54. The minimum atomic E-state index is 0.146. The smallest absolute Gasteiger partial charge is 0.230 e. The van der Waals surface area contributed by atoms with Crippen molar-refractivity contribution in [3.63, 3.8) is 0 Å². The van der Waals surface area contributed by atoms with Gasteiger partial charge in [-0.15, -0.1) is 11.8 Å². The Kier molecular flexibility index (Phi) is 6.88. The van der Waals surface area contributed by atoms with E-state index in [4.69, 9.17) is 0 Å². The average molecular weight is 265 g/mol. The summed E-state index contributed by atoms with van der Waals surface area (Å²) in [6.07, 6.45) is 2.16. The molecule has 1 aromatic carbocycles. The lowest BCUT2D eigenvalue weighted by atomic mass is 10.2. The molecule has 0 aliphatic heterocycles. The highest BCUT2D eigenvalue weighted by molar-refractivity contribution is 7.99. The highest BCUT2D eigenvalue weighted by Crippen LogP contribution is 2.12. The largest absolute Gasteiger partial charge is 0.353 e. The van der Waals surface area contributed by atoms with E-state index in [1.165, 1.54) is 11.1 Å². The second-order valence-corrected chi connectivity index (χ2v) is 5.72. The third-order valence-electron chi connectivity index (χ3n) is 2.75. The number of benzene rings is 1. The Bertz CT molecular complexity index is 361. The molecule has 0 fully saturated rings. The molecule has 1 atom stereocenters. The van der Waals surface area contributed by atoms with Crippen LogP contribution in [-0.4, -0.2) is 17.7 Å². The molecule has 2 nitrogen and oxygen atoms in total. The molecule has 1 rings (SSSR count). The molecule has 0 saturated heterocycles. The predicted octanol–water partition coefficient (Wildman–Crippen LogP) is 3.53. The number of aryl methyl sites for hydroxylation is 1. The Morgan fingerprint density at radius 1 is 1.33 bits per heavy atom. The molecule has 3 heteroatoms. The minimum absolute atomic E-state index is 0.146. The molecule has 1 amide bonds. The first kappa shape index (κ1) is 15.1. The van der Waals surface area contributed by atoms with Crippen LogP contribution in [0.2, 0.25) is 0 Å². The Morgan fingerprint density at radius 3 is 2.61 bits per heavy atom. The Balaban J connectivity index is 2.21. The molecule has 1 N–H and O–H groups in total. The SMILES string of the molecule is CCC[C@@H](C)NC(=O)CSCc1ccc(C)cc1.